The highest BCUT2D eigenvalue weighted by molar-refractivity contribution is 6.10. The fourth-order valence-electron chi connectivity index (χ4n) is 2.79. The minimum absolute atomic E-state index is 0.0194. The van der Waals surface area contributed by atoms with Crippen LogP contribution in [0.3, 0.4) is 0 Å². The summed E-state index contributed by atoms with van der Waals surface area (Å²) in [7, 11) is 0. The molecule has 0 spiro atoms. The van der Waals surface area contributed by atoms with E-state index in [-0.39, 0.29) is 17.7 Å². The van der Waals surface area contributed by atoms with Crippen LogP contribution in [0.1, 0.15) is 51.5 Å². The average molecular weight is 263 g/mol. The summed E-state index contributed by atoms with van der Waals surface area (Å²) in [6.07, 6.45) is 2.86. The van der Waals surface area contributed by atoms with Gasteiger partial charge in [-0.1, -0.05) is 0 Å². The Labute approximate surface area is 111 Å². The van der Waals surface area contributed by atoms with Gasteiger partial charge in [0.25, 0.3) is 5.91 Å². The van der Waals surface area contributed by atoms with Gasteiger partial charge in [-0.15, -0.1) is 0 Å². The molecule has 2 aliphatic rings. The van der Waals surface area contributed by atoms with Crippen LogP contribution < -0.4 is 5.32 Å². The molecule has 1 aromatic rings. The number of nitrogens with one attached hydrogen (secondary N) is 1. The number of carbonyl (C=O) groups is 2. The van der Waals surface area contributed by atoms with E-state index in [2.05, 4.69) is 5.32 Å². The van der Waals surface area contributed by atoms with Gasteiger partial charge in [-0.05, 0) is 19.8 Å². The maximum Gasteiger partial charge on any atom is 0.255 e. The number of furan rings is 1. The zero-order valence-corrected chi connectivity index (χ0v) is 11.0. The van der Waals surface area contributed by atoms with Gasteiger partial charge in [-0.3, -0.25) is 9.59 Å². The van der Waals surface area contributed by atoms with E-state index < -0.39 is 0 Å². The molecule has 1 saturated heterocycles. The highest BCUT2D eigenvalue weighted by Crippen LogP contribution is 2.29. The predicted octanol–water partition coefficient (Wildman–Crippen LogP) is 1.63. The molecule has 1 aliphatic heterocycles. The summed E-state index contributed by atoms with van der Waals surface area (Å²) < 4.78 is 10.8. The van der Waals surface area contributed by atoms with Crippen molar-refractivity contribution in [1.82, 2.24) is 5.32 Å². The van der Waals surface area contributed by atoms with Gasteiger partial charge >= 0.3 is 0 Å². The minimum atomic E-state index is -0.215. The highest BCUT2D eigenvalue weighted by Gasteiger charge is 2.31. The largest absolute Gasteiger partial charge is 0.465 e. The van der Waals surface area contributed by atoms with Crippen LogP contribution in [0, 0.1) is 6.92 Å². The lowest BCUT2D eigenvalue weighted by Gasteiger charge is -2.13. The molecule has 1 amide bonds. The Morgan fingerprint density at radius 3 is 2.95 bits per heavy atom. The second kappa shape index (κ2) is 4.81. The summed E-state index contributed by atoms with van der Waals surface area (Å²) in [6, 6.07) is 0.0381. The maximum atomic E-state index is 12.3. The second-order valence-electron chi connectivity index (χ2n) is 5.14. The summed E-state index contributed by atoms with van der Waals surface area (Å²) in [5, 5.41) is 2.92. The van der Waals surface area contributed by atoms with Gasteiger partial charge in [0.2, 0.25) is 0 Å². The standard InChI is InChI=1S/C14H17NO4/c1-8-12(14(17)15-9-5-6-18-7-9)13-10(16)3-2-4-11(13)19-8/h9H,2-7H2,1H3,(H,15,17). The number of amides is 1. The number of Topliss-reactive ketones (excluding diaryl/α,β-unsaturated/α-hetero) is 1. The minimum Gasteiger partial charge on any atom is -0.465 e. The Bertz CT molecular complexity index is 526. The van der Waals surface area contributed by atoms with E-state index in [4.69, 9.17) is 9.15 Å². The monoisotopic (exact) mass is 263 g/mol. The molecule has 5 nitrogen and oxygen atoms in total. The third-order valence-electron chi connectivity index (χ3n) is 3.74. The van der Waals surface area contributed by atoms with Crippen LogP contribution in [-0.4, -0.2) is 30.9 Å². The van der Waals surface area contributed by atoms with Crippen molar-refractivity contribution in [3.8, 4) is 0 Å². The van der Waals surface area contributed by atoms with Crippen molar-refractivity contribution in [2.24, 2.45) is 0 Å². The summed E-state index contributed by atoms with van der Waals surface area (Å²) in [6.45, 7) is 2.96. The smallest absolute Gasteiger partial charge is 0.255 e. The molecule has 5 heteroatoms. The lowest BCUT2D eigenvalue weighted by Crippen LogP contribution is -2.36. The first-order chi connectivity index (χ1) is 9.16. The van der Waals surface area contributed by atoms with Crippen molar-refractivity contribution < 1.29 is 18.7 Å². The van der Waals surface area contributed by atoms with Crippen molar-refractivity contribution in [1.29, 1.82) is 0 Å². The Morgan fingerprint density at radius 1 is 1.37 bits per heavy atom. The van der Waals surface area contributed by atoms with Crippen molar-refractivity contribution in [3.63, 3.8) is 0 Å². The average Bonchev–Trinajstić information content (AvgIpc) is 2.96. The van der Waals surface area contributed by atoms with Crippen molar-refractivity contribution in [2.75, 3.05) is 13.2 Å². The first-order valence-electron chi connectivity index (χ1n) is 6.71. The number of ether oxygens (including phenoxy) is 1. The number of fused-ring (bicyclic) bond motifs is 1. The normalized spacial score (nSPS) is 22.4. The molecule has 2 heterocycles. The second-order valence-corrected chi connectivity index (χ2v) is 5.14. The van der Waals surface area contributed by atoms with E-state index in [1.807, 2.05) is 0 Å². The third-order valence-corrected chi connectivity index (χ3v) is 3.74. The molecule has 0 saturated carbocycles. The van der Waals surface area contributed by atoms with Crippen LogP contribution in [0.15, 0.2) is 4.42 Å². The van der Waals surface area contributed by atoms with Gasteiger partial charge in [0.15, 0.2) is 5.78 Å². The predicted molar refractivity (Wildman–Crippen MR) is 67.4 cm³/mol. The molecule has 1 unspecified atom stereocenters. The number of rotatable bonds is 2. The van der Waals surface area contributed by atoms with Crippen LogP contribution in [-0.2, 0) is 11.2 Å². The van der Waals surface area contributed by atoms with Crippen molar-refractivity contribution in [3.05, 3.63) is 22.6 Å². The summed E-state index contributed by atoms with van der Waals surface area (Å²) >= 11 is 0. The zero-order chi connectivity index (χ0) is 13.4. The fraction of sp³-hybridized carbons (Fsp3) is 0.571. The van der Waals surface area contributed by atoms with Crippen LogP contribution in [0.25, 0.3) is 0 Å². The number of hydrogen-bond acceptors (Lipinski definition) is 4. The van der Waals surface area contributed by atoms with Crippen LogP contribution in [0.2, 0.25) is 0 Å². The molecule has 0 bridgehead atoms. The molecule has 1 aliphatic carbocycles. The van der Waals surface area contributed by atoms with E-state index in [9.17, 15) is 9.59 Å². The molecular formula is C14H17NO4. The highest BCUT2D eigenvalue weighted by atomic mass is 16.5. The van der Waals surface area contributed by atoms with E-state index in [1.165, 1.54) is 0 Å². The summed E-state index contributed by atoms with van der Waals surface area (Å²) in [5.74, 6) is 1.01. The number of carbonyl (C=O) groups excluding carboxylic acids is 2. The third kappa shape index (κ3) is 2.18. The van der Waals surface area contributed by atoms with Crippen molar-refractivity contribution in [2.45, 2.75) is 38.6 Å². The van der Waals surface area contributed by atoms with E-state index >= 15 is 0 Å². The molecule has 0 radical (unpaired) electrons. The number of ketones is 1. The lowest BCUT2D eigenvalue weighted by atomic mass is 9.93. The molecule has 1 atom stereocenters. The molecule has 1 fully saturated rings. The van der Waals surface area contributed by atoms with Gasteiger partial charge < -0.3 is 14.5 Å². The topological polar surface area (TPSA) is 68.5 Å². The van der Waals surface area contributed by atoms with E-state index in [0.717, 1.165) is 19.3 Å². The molecular weight excluding hydrogens is 246 g/mol. The van der Waals surface area contributed by atoms with Gasteiger partial charge in [0.05, 0.1) is 23.8 Å². The van der Waals surface area contributed by atoms with Gasteiger partial charge in [0.1, 0.15) is 11.5 Å². The number of aryl methyl sites for hydroxylation is 2. The molecule has 102 valence electrons. The maximum absolute atomic E-state index is 12.3. The van der Waals surface area contributed by atoms with E-state index in [1.54, 1.807) is 6.92 Å². The molecule has 3 rings (SSSR count). The SMILES string of the molecule is Cc1oc2c(c1C(=O)NC1CCOC1)C(=O)CCC2. The van der Waals surface area contributed by atoms with Gasteiger partial charge in [0, 0.05) is 19.4 Å². The molecule has 0 aromatic carbocycles. The number of hydrogen-bond donors (Lipinski definition) is 1. The van der Waals surface area contributed by atoms with E-state index in [0.29, 0.717) is 42.3 Å². The zero-order valence-electron chi connectivity index (χ0n) is 11.0. The molecule has 19 heavy (non-hydrogen) atoms. The fourth-order valence-corrected chi connectivity index (χ4v) is 2.79. The van der Waals surface area contributed by atoms with Gasteiger partial charge in [-0.25, -0.2) is 0 Å². The van der Waals surface area contributed by atoms with Crippen LogP contribution in [0.4, 0.5) is 0 Å². The lowest BCUT2D eigenvalue weighted by molar-refractivity contribution is 0.0911. The summed E-state index contributed by atoms with van der Waals surface area (Å²) in [4.78, 5) is 24.3. The first-order valence-corrected chi connectivity index (χ1v) is 6.71. The Morgan fingerprint density at radius 2 is 2.21 bits per heavy atom. The first kappa shape index (κ1) is 12.4. The van der Waals surface area contributed by atoms with Crippen LogP contribution >= 0.6 is 0 Å². The van der Waals surface area contributed by atoms with Gasteiger partial charge in [-0.2, -0.15) is 0 Å². The Kier molecular flexibility index (Phi) is 3.14. The molecule has 1 N–H and O–H groups in total. The molecule has 1 aromatic heterocycles. The Balaban J connectivity index is 1.89. The summed E-state index contributed by atoms with van der Waals surface area (Å²) in [5.41, 5.74) is 0.923. The van der Waals surface area contributed by atoms with Crippen molar-refractivity contribution >= 4 is 11.7 Å². The quantitative estimate of drug-likeness (QED) is 0.880. The van der Waals surface area contributed by atoms with Crippen LogP contribution in [0.5, 0.6) is 0 Å². The Hall–Kier alpha value is -1.62.